The van der Waals surface area contributed by atoms with Crippen LogP contribution >= 0.6 is 0 Å². The zero-order valence-electron chi connectivity index (χ0n) is 7.45. The summed E-state index contributed by atoms with van der Waals surface area (Å²) in [5.41, 5.74) is -0.101. The number of hydrogen-bond donors (Lipinski definition) is 2. The van der Waals surface area contributed by atoms with Crippen molar-refractivity contribution in [3.8, 4) is 0 Å². The molecule has 0 aromatic heterocycles. The SMILES string of the molecule is O=C(O)N1CCC2(COCCN2)C1. The van der Waals surface area contributed by atoms with E-state index in [-0.39, 0.29) is 5.54 Å². The van der Waals surface area contributed by atoms with Gasteiger partial charge >= 0.3 is 6.09 Å². The number of carboxylic acid groups (broad SMARTS) is 1. The third-order valence-corrected chi connectivity index (χ3v) is 2.75. The Hall–Kier alpha value is -0.810. The lowest BCUT2D eigenvalue weighted by Crippen LogP contribution is -2.56. The number of hydrogen-bond acceptors (Lipinski definition) is 3. The van der Waals surface area contributed by atoms with Crippen LogP contribution in [0, 0.1) is 0 Å². The van der Waals surface area contributed by atoms with Crippen LogP contribution in [-0.4, -0.2) is 54.5 Å². The maximum atomic E-state index is 10.7. The summed E-state index contributed by atoms with van der Waals surface area (Å²) in [6, 6.07) is 0. The predicted molar refractivity (Wildman–Crippen MR) is 45.8 cm³/mol. The summed E-state index contributed by atoms with van der Waals surface area (Å²) in [6.07, 6.45) is 0.0310. The Morgan fingerprint density at radius 1 is 1.62 bits per heavy atom. The van der Waals surface area contributed by atoms with E-state index in [2.05, 4.69) is 5.32 Å². The molecular weight excluding hydrogens is 172 g/mol. The third kappa shape index (κ3) is 1.62. The highest BCUT2D eigenvalue weighted by atomic mass is 16.5. The van der Waals surface area contributed by atoms with Crippen molar-refractivity contribution in [2.24, 2.45) is 0 Å². The predicted octanol–water partition coefficient (Wildman–Crippen LogP) is -0.271. The minimum absolute atomic E-state index is 0.101. The molecule has 5 nitrogen and oxygen atoms in total. The fraction of sp³-hybridized carbons (Fsp3) is 0.875. The average Bonchev–Trinajstić information content (AvgIpc) is 2.51. The first kappa shape index (κ1) is 8.77. The average molecular weight is 186 g/mol. The number of nitrogens with one attached hydrogen (secondary N) is 1. The molecule has 2 fully saturated rings. The van der Waals surface area contributed by atoms with Crippen LogP contribution in [0.3, 0.4) is 0 Å². The highest BCUT2D eigenvalue weighted by Gasteiger charge is 2.41. The Kier molecular flexibility index (Phi) is 2.13. The molecule has 1 amide bonds. The second-order valence-electron chi connectivity index (χ2n) is 3.71. The van der Waals surface area contributed by atoms with E-state index in [0.717, 1.165) is 19.6 Å². The van der Waals surface area contributed by atoms with Gasteiger partial charge in [0.15, 0.2) is 0 Å². The van der Waals surface area contributed by atoms with E-state index >= 15 is 0 Å². The molecule has 1 spiro atoms. The van der Waals surface area contributed by atoms with E-state index in [1.807, 2.05) is 0 Å². The number of ether oxygens (including phenoxy) is 1. The molecule has 0 aliphatic carbocycles. The summed E-state index contributed by atoms with van der Waals surface area (Å²) < 4.78 is 5.35. The molecule has 5 heteroatoms. The van der Waals surface area contributed by atoms with Crippen molar-refractivity contribution in [3.05, 3.63) is 0 Å². The minimum atomic E-state index is -0.829. The van der Waals surface area contributed by atoms with Crippen LogP contribution in [0.4, 0.5) is 4.79 Å². The molecule has 2 rings (SSSR count). The van der Waals surface area contributed by atoms with Gasteiger partial charge in [-0.25, -0.2) is 4.79 Å². The van der Waals surface area contributed by atoms with Gasteiger partial charge in [-0.3, -0.25) is 0 Å². The molecule has 2 aliphatic heterocycles. The molecule has 13 heavy (non-hydrogen) atoms. The first-order valence-corrected chi connectivity index (χ1v) is 4.53. The normalized spacial score (nSPS) is 34.0. The standard InChI is InChI=1S/C8H14N2O3/c11-7(12)10-3-1-8(5-10)6-13-4-2-9-8/h9H,1-6H2,(H,11,12). The maximum absolute atomic E-state index is 10.7. The van der Waals surface area contributed by atoms with Crippen LogP contribution in [0.1, 0.15) is 6.42 Å². The largest absolute Gasteiger partial charge is 0.465 e. The Bertz CT molecular complexity index is 213. The molecular formula is C8H14N2O3. The number of likely N-dealkylation sites (tertiary alicyclic amines) is 1. The molecule has 74 valence electrons. The first-order valence-electron chi connectivity index (χ1n) is 4.53. The highest BCUT2D eigenvalue weighted by molar-refractivity contribution is 5.65. The number of nitrogens with zero attached hydrogens (tertiary/aromatic N) is 1. The molecule has 2 heterocycles. The maximum Gasteiger partial charge on any atom is 0.407 e. The van der Waals surface area contributed by atoms with E-state index in [9.17, 15) is 4.79 Å². The molecule has 2 saturated heterocycles. The molecule has 0 aromatic carbocycles. The van der Waals surface area contributed by atoms with Crippen LogP contribution < -0.4 is 5.32 Å². The number of carbonyl (C=O) groups is 1. The van der Waals surface area contributed by atoms with Crippen LogP contribution in [0.5, 0.6) is 0 Å². The lowest BCUT2D eigenvalue weighted by atomic mass is 9.99. The second kappa shape index (κ2) is 3.16. The molecule has 1 atom stereocenters. The summed E-state index contributed by atoms with van der Waals surface area (Å²) in [5, 5.41) is 12.1. The summed E-state index contributed by atoms with van der Waals surface area (Å²) in [5.74, 6) is 0. The summed E-state index contributed by atoms with van der Waals surface area (Å²) in [6.45, 7) is 3.37. The Morgan fingerprint density at radius 2 is 2.46 bits per heavy atom. The van der Waals surface area contributed by atoms with Gasteiger partial charge in [0, 0.05) is 19.6 Å². The van der Waals surface area contributed by atoms with Gasteiger partial charge in [0.25, 0.3) is 0 Å². The van der Waals surface area contributed by atoms with E-state index in [1.165, 1.54) is 4.90 Å². The van der Waals surface area contributed by atoms with Gasteiger partial charge in [-0.2, -0.15) is 0 Å². The van der Waals surface area contributed by atoms with E-state index in [4.69, 9.17) is 9.84 Å². The molecule has 0 aromatic rings. The Balaban J connectivity index is 1.98. The molecule has 0 saturated carbocycles. The van der Waals surface area contributed by atoms with Gasteiger partial charge in [-0.1, -0.05) is 0 Å². The number of morpholine rings is 1. The molecule has 0 radical (unpaired) electrons. The zero-order chi connectivity index (χ0) is 9.31. The topological polar surface area (TPSA) is 61.8 Å². The fourth-order valence-corrected chi connectivity index (χ4v) is 2.00. The van der Waals surface area contributed by atoms with Gasteiger partial charge < -0.3 is 20.1 Å². The lowest BCUT2D eigenvalue weighted by Gasteiger charge is -2.34. The van der Waals surface area contributed by atoms with E-state index in [0.29, 0.717) is 19.7 Å². The van der Waals surface area contributed by atoms with Gasteiger partial charge in [0.2, 0.25) is 0 Å². The van der Waals surface area contributed by atoms with Gasteiger partial charge in [0.1, 0.15) is 0 Å². The Morgan fingerprint density at radius 3 is 3.00 bits per heavy atom. The van der Waals surface area contributed by atoms with Gasteiger partial charge in [-0.05, 0) is 6.42 Å². The monoisotopic (exact) mass is 186 g/mol. The van der Waals surface area contributed by atoms with Crippen LogP contribution in [-0.2, 0) is 4.74 Å². The molecule has 0 bridgehead atoms. The summed E-state index contributed by atoms with van der Waals surface area (Å²) >= 11 is 0. The minimum Gasteiger partial charge on any atom is -0.465 e. The van der Waals surface area contributed by atoms with Crippen LogP contribution in [0.15, 0.2) is 0 Å². The number of amides is 1. The summed E-state index contributed by atoms with van der Waals surface area (Å²) in [7, 11) is 0. The molecule has 2 aliphatic rings. The van der Waals surface area contributed by atoms with Crippen molar-refractivity contribution in [2.75, 3.05) is 32.8 Å². The first-order chi connectivity index (χ1) is 6.22. The van der Waals surface area contributed by atoms with Crippen molar-refractivity contribution in [3.63, 3.8) is 0 Å². The third-order valence-electron chi connectivity index (χ3n) is 2.75. The van der Waals surface area contributed by atoms with Crippen molar-refractivity contribution in [1.82, 2.24) is 10.2 Å². The highest BCUT2D eigenvalue weighted by Crippen LogP contribution is 2.23. The lowest BCUT2D eigenvalue weighted by molar-refractivity contribution is 0.0314. The van der Waals surface area contributed by atoms with Crippen molar-refractivity contribution in [1.29, 1.82) is 0 Å². The Labute approximate surface area is 76.7 Å². The zero-order valence-corrected chi connectivity index (χ0v) is 7.45. The summed E-state index contributed by atoms with van der Waals surface area (Å²) in [4.78, 5) is 12.1. The second-order valence-corrected chi connectivity index (χ2v) is 3.71. The fourth-order valence-electron chi connectivity index (χ4n) is 2.00. The van der Waals surface area contributed by atoms with Crippen molar-refractivity contribution >= 4 is 6.09 Å². The molecule has 2 N–H and O–H groups in total. The smallest absolute Gasteiger partial charge is 0.407 e. The van der Waals surface area contributed by atoms with Crippen molar-refractivity contribution in [2.45, 2.75) is 12.0 Å². The van der Waals surface area contributed by atoms with Crippen LogP contribution in [0.2, 0.25) is 0 Å². The van der Waals surface area contributed by atoms with E-state index in [1.54, 1.807) is 0 Å². The van der Waals surface area contributed by atoms with Crippen molar-refractivity contribution < 1.29 is 14.6 Å². The number of rotatable bonds is 0. The quantitative estimate of drug-likeness (QED) is 0.546. The van der Waals surface area contributed by atoms with Crippen LogP contribution in [0.25, 0.3) is 0 Å². The van der Waals surface area contributed by atoms with Gasteiger partial charge in [0.05, 0.1) is 18.8 Å². The van der Waals surface area contributed by atoms with Gasteiger partial charge in [-0.15, -0.1) is 0 Å². The van der Waals surface area contributed by atoms with E-state index < -0.39 is 6.09 Å². The molecule has 1 unspecified atom stereocenters.